The van der Waals surface area contributed by atoms with E-state index in [2.05, 4.69) is 45.4 Å². The SMILES string of the molecule is CC(C#N)CB(O[Si](C)(C)C)O[Si](C)(C)C. The Kier molecular flexibility index (Phi) is 5.97. The van der Waals surface area contributed by atoms with Crippen LogP contribution in [0.15, 0.2) is 0 Å². The van der Waals surface area contributed by atoms with Crippen LogP contribution < -0.4 is 0 Å². The average Bonchev–Trinajstić information content (AvgIpc) is 1.97. The van der Waals surface area contributed by atoms with Crippen molar-refractivity contribution in [3.63, 3.8) is 0 Å². The fraction of sp³-hybridized carbons (Fsp3) is 0.900. The zero-order chi connectivity index (χ0) is 13.0. The maximum atomic E-state index is 8.84. The largest absolute Gasteiger partial charge is 0.454 e. The Labute approximate surface area is 103 Å². The highest BCUT2D eigenvalue weighted by Crippen LogP contribution is 2.17. The summed E-state index contributed by atoms with van der Waals surface area (Å²) < 4.78 is 12.0. The van der Waals surface area contributed by atoms with Crippen molar-refractivity contribution in [2.75, 3.05) is 0 Å². The van der Waals surface area contributed by atoms with Gasteiger partial charge in [-0.1, -0.05) is 0 Å². The molecule has 0 amide bonds. The van der Waals surface area contributed by atoms with Crippen LogP contribution in [0.3, 0.4) is 0 Å². The van der Waals surface area contributed by atoms with Gasteiger partial charge in [0, 0.05) is 5.92 Å². The minimum atomic E-state index is -1.61. The molecule has 92 valence electrons. The highest BCUT2D eigenvalue weighted by molar-refractivity contribution is 6.81. The van der Waals surface area contributed by atoms with Gasteiger partial charge < -0.3 is 8.69 Å². The molecule has 0 aliphatic rings. The van der Waals surface area contributed by atoms with Crippen molar-refractivity contribution >= 4 is 23.8 Å². The zero-order valence-electron chi connectivity index (χ0n) is 11.6. The van der Waals surface area contributed by atoms with Gasteiger partial charge in [-0.15, -0.1) is 0 Å². The van der Waals surface area contributed by atoms with E-state index in [-0.39, 0.29) is 13.0 Å². The molecule has 0 N–H and O–H groups in total. The molecule has 3 nitrogen and oxygen atoms in total. The summed E-state index contributed by atoms with van der Waals surface area (Å²) in [4.78, 5) is 0. The second-order valence-electron chi connectivity index (χ2n) is 6.16. The van der Waals surface area contributed by atoms with E-state index >= 15 is 0 Å². The molecule has 0 aliphatic carbocycles. The van der Waals surface area contributed by atoms with Crippen LogP contribution in [0, 0.1) is 17.2 Å². The van der Waals surface area contributed by atoms with E-state index in [1.165, 1.54) is 0 Å². The first-order valence-electron chi connectivity index (χ1n) is 5.79. The lowest BCUT2D eigenvalue weighted by molar-refractivity contribution is 0.410. The fourth-order valence-corrected chi connectivity index (χ4v) is 3.21. The van der Waals surface area contributed by atoms with Gasteiger partial charge in [-0.3, -0.25) is 0 Å². The smallest absolute Gasteiger partial charge is 0.436 e. The van der Waals surface area contributed by atoms with E-state index in [1.54, 1.807) is 0 Å². The van der Waals surface area contributed by atoms with E-state index in [0.717, 1.165) is 0 Å². The Bertz CT molecular complexity index is 239. The molecule has 0 saturated heterocycles. The van der Waals surface area contributed by atoms with Gasteiger partial charge in [-0.05, 0) is 52.5 Å². The van der Waals surface area contributed by atoms with Gasteiger partial charge in [0.05, 0.1) is 6.07 Å². The van der Waals surface area contributed by atoms with Gasteiger partial charge in [0.15, 0.2) is 16.6 Å². The van der Waals surface area contributed by atoms with Crippen LogP contribution in [0.2, 0.25) is 45.6 Å². The summed E-state index contributed by atoms with van der Waals surface area (Å²) >= 11 is 0. The Hall–Kier alpha value is -0.0913. The van der Waals surface area contributed by atoms with Crippen LogP contribution in [-0.4, -0.2) is 23.8 Å². The molecule has 0 heterocycles. The quantitative estimate of drug-likeness (QED) is 0.685. The maximum Gasteiger partial charge on any atom is 0.436 e. The monoisotopic (exact) mass is 257 g/mol. The predicted molar refractivity (Wildman–Crippen MR) is 74.2 cm³/mol. The van der Waals surface area contributed by atoms with Crippen molar-refractivity contribution < 1.29 is 8.69 Å². The highest BCUT2D eigenvalue weighted by atomic mass is 28.4. The molecule has 0 spiro atoms. The third-order valence-corrected chi connectivity index (χ3v) is 3.68. The first kappa shape index (κ1) is 15.9. The third-order valence-electron chi connectivity index (χ3n) is 1.74. The summed E-state index contributed by atoms with van der Waals surface area (Å²) in [5, 5.41) is 8.84. The number of rotatable bonds is 6. The summed E-state index contributed by atoms with van der Waals surface area (Å²) in [6, 6.07) is 2.24. The van der Waals surface area contributed by atoms with Crippen LogP contribution in [0.4, 0.5) is 0 Å². The van der Waals surface area contributed by atoms with Gasteiger partial charge in [0.25, 0.3) is 0 Å². The second kappa shape index (κ2) is 6.01. The van der Waals surface area contributed by atoms with Crippen molar-refractivity contribution in [1.82, 2.24) is 0 Å². The van der Waals surface area contributed by atoms with Gasteiger partial charge in [-0.2, -0.15) is 5.26 Å². The predicted octanol–water partition coefficient (Wildman–Crippen LogP) is 3.34. The van der Waals surface area contributed by atoms with Crippen LogP contribution in [0.25, 0.3) is 0 Å². The van der Waals surface area contributed by atoms with Gasteiger partial charge in [0.2, 0.25) is 0 Å². The molecular formula is C10H24BNO2Si2. The van der Waals surface area contributed by atoms with Crippen molar-refractivity contribution in [2.24, 2.45) is 5.92 Å². The molecule has 0 aromatic rings. The molecule has 0 aliphatic heterocycles. The molecule has 0 fully saturated rings. The molecule has 0 rings (SSSR count). The minimum Gasteiger partial charge on any atom is -0.454 e. The first-order valence-corrected chi connectivity index (χ1v) is 12.6. The fourth-order valence-electron chi connectivity index (χ4n) is 1.25. The maximum absolute atomic E-state index is 8.84. The van der Waals surface area contributed by atoms with E-state index in [4.69, 9.17) is 13.9 Å². The molecule has 0 bridgehead atoms. The highest BCUT2D eigenvalue weighted by Gasteiger charge is 2.32. The first-order chi connectivity index (χ1) is 7.03. The van der Waals surface area contributed by atoms with Crippen LogP contribution in [0.1, 0.15) is 6.92 Å². The zero-order valence-corrected chi connectivity index (χ0v) is 13.6. The Morgan fingerprint density at radius 2 is 1.44 bits per heavy atom. The summed E-state index contributed by atoms with van der Waals surface area (Å²) in [5.41, 5.74) is 0. The lowest BCUT2D eigenvalue weighted by atomic mass is 9.80. The van der Waals surface area contributed by atoms with Gasteiger partial charge in [-0.25, -0.2) is 0 Å². The molecular weight excluding hydrogens is 233 g/mol. The van der Waals surface area contributed by atoms with Crippen molar-refractivity contribution in [3.8, 4) is 6.07 Å². The van der Waals surface area contributed by atoms with Gasteiger partial charge in [0.1, 0.15) is 0 Å². The van der Waals surface area contributed by atoms with Crippen molar-refractivity contribution in [1.29, 1.82) is 5.26 Å². The van der Waals surface area contributed by atoms with E-state index in [0.29, 0.717) is 6.32 Å². The summed E-state index contributed by atoms with van der Waals surface area (Å²) in [5.74, 6) is -0.0160. The van der Waals surface area contributed by atoms with E-state index in [9.17, 15) is 0 Å². The number of nitriles is 1. The Morgan fingerprint density at radius 1 is 1.06 bits per heavy atom. The normalized spacial score (nSPS) is 14.4. The Morgan fingerprint density at radius 3 is 1.69 bits per heavy atom. The standard InChI is InChI=1S/C10H24BNO2Si2/c1-10(9-12)8-11(13-15(2,3)4)14-16(5,6)7/h10H,8H2,1-7H3. The number of nitrogens with zero attached hydrogens (tertiary/aromatic N) is 1. The topological polar surface area (TPSA) is 42.2 Å². The van der Waals surface area contributed by atoms with Crippen molar-refractivity contribution in [2.45, 2.75) is 52.5 Å². The molecule has 0 aromatic carbocycles. The van der Waals surface area contributed by atoms with Crippen LogP contribution in [-0.2, 0) is 8.69 Å². The molecule has 1 unspecified atom stereocenters. The van der Waals surface area contributed by atoms with Crippen LogP contribution in [0.5, 0.6) is 0 Å². The Balaban J connectivity index is 4.47. The average molecular weight is 257 g/mol. The molecule has 0 aromatic heterocycles. The van der Waals surface area contributed by atoms with E-state index < -0.39 is 16.6 Å². The number of hydrogen-bond donors (Lipinski definition) is 0. The molecule has 0 radical (unpaired) electrons. The molecule has 6 heteroatoms. The van der Waals surface area contributed by atoms with E-state index in [1.807, 2.05) is 6.92 Å². The number of hydrogen-bond acceptors (Lipinski definition) is 3. The molecule has 16 heavy (non-hydrogen) atoms. The van der Waals surface area contributed by atoms with Crippen LogP contribution >= 0.6 is 0 Å². The lowest BCUT2D eigenvalue weighted by Gasteiger charge is -2.29. The van der Waals surface area contributed by atoms with Crippen molar-refractivity contribution in [3.05, 3.63) is 0 Å². The third kappa shape index (κ3) is 9.16. The molecule has 1 atom stereocenters. The van der Waals surface area contributed by atoms with Gasteiger partial charge >= 0.3 is 7.12 Å². The summed E-state index contributed by atoms with van der Waals surface area (Å²) in [6.07, 6.45) is 0.672. The summed E-state index contributed by atoms with van der Waals surface area (Å²) in [6.45, 7) is 14.8. The lowest BCUT2D eigenvalue weighted by Crippen LogP contribution is -2.43. The summed E-state index contributed by atoms with van der Waals surface area (Å²) in [7, 11) is -3.42. The minimum absolute atomic E-state index is 0.0160. The second-order valence-corrected chi connectivity index (χ2v) is 15.1. The molecule has 0 saturated carbocycles.